The van der Waals surface area contributed by atoms with Gasteiger partial charge in [-0.3, -0.25) is 9.59 Å². The fraction of sp³-hybridized carbons (Fsp3) is 0.429. The summed E-state index contributed by atoms with van der Waals surface area (Å²) in [5.74, 6) is -3.32. The maximum absolute atomic E-state index is 13.7. The minimum absolute atomic E-state index is 0.177. The zero-order valence-electron chi connectivity index (χ0n) is 12.2. The Balaban J connectivity index is 3.07. The van der Waals surface area contributed by atoms with Gasteiger partial charge in [-0.25, -0.2) is 8.78 Å². The van der Waals surface area contributed by atoms with Crippen molar-refractivity contribution < 1.29 is 23.1 Å². The highest BCUT2D eigenvalue weighted by Gasteiger charge is 2.25. The second kappa shape index (κ2) is 7.01. The van der Waals surface area contributed by atoms with Crippen LogP contribution in [0.3, 0.4) is 0 Å². The van der Waals surface area contributed by atoms with Gasteiger partial charge in [0, 0.05) is 12.1 Å². The third-order valence-electron chi connectivity index (χ3n) is 2.81. The van der Waals surface area contributed by atoms with Crippen LogP contribution in [0.1, 0.15) is 31.1 Å². The van der Waals surface area contributed by atoms with E-state index in [1.807, 2.05) is 0 Å². The molecule has 0 spiro atoms. The molecule has 0 aliphatic heterocycles. The molecule has 0 aliphatic rings. The van der Waals surface area contributed by atoms with Gasteiger partial charge in [0.25, 0.3) is 5.91 Å². The third-order valence-corrected chi connectivity index (χ3v) is 2.81. The number of ether oxygens (including phenoxy) is 1. The Morgan fingerprint density at radius 3 is 2.43 bits per heavy atom. The van der Waals surface area contributed by atoms with Crippen molar-refractivity contribution in [1.29, 1.82) is 0 Å². The maximum atomic E-state index is 13.7. The number of benzene rings is 1. The van der Waals surface area contributed by atoms with E-state index in [2.05, 4.69) is 0 Å². The monoisotopic (exact) mass is 300 g/mol. The van der Waals surface area contributed by atoms with Crippen LogP contribution in [0.25, 0.3) is 0 Å². The molecule has 0 fully saturated rings. The molecule has 1 rings (SSSR count). The Bertz CT molecular complexity index is 547. The van der Waals surface area contributed by atoms with Crippen molar-refractivity contribution in [2.45, 2.75) is 26.8 Å². The molecular weight excluding hydrogens is 282 g/mol. The van der Waals surface area contributed by atoms with Crippen LogP contribution in [0.15, 0.2) is 12.1 Å². The molecular formula is C14H18F2N2O3. The van der Waals surface area contributed by atoms with E-state index in [0.717, 1.165) is 11.0 Å². The van der Waals surface area contributed by atoms with E-state index in [0.29, 0.717) is 6.07 Å². The molecule has 1 aromatic rings. The van der Waals surface area contributed by atoms with Crippen molar-refractivity contribution in [1.82, 2.24) is 4.90 Å². The van der Waals surface area contributed by atoms with Gasteiger partial charge in [0.15, 0.2) is 0 Å². The smallest absolute Gasteiger partial charge is 0.325 e. The van der Waals surface area contributed by atoms with Crippen molar-refractivity contribution in [3.63, 3.8) is 0 Å². The van der Waals surface area contributed by atoms with Crippen LogP contribution < -0.4 is 5.73 Å². The molecule has 7 heteroatoms. The Labute approximate surface area is 121 Å². The first-order chi connectivity index (χ1) is 9.77. The number of hydrogen-bond acceptors (Lipinski definition) is 4. The number of nitrogens with zero attached hydrogens (tertiary/aromatic N) is 1. The second-order valence-corrected chi connectivity index (χ2v) is 4.69. The predicted molar refractivity (Wildman–Crippen MR) is 73.6 cm³/mol. The van der Waals surface area contributed by atoms with E-state index in [-0.39, 0.29) is 30.4 Å². The summed E-state index contributed by atoms with van der Waals surface area (Å²) >= 11 is 0. The fourth-order valence-corrected chi connectivity index (χ4v) is 1.72. The van der Waals surface area contributed by atoms with Gasteiger partial charge in [-0.15, -0.1) is 0 Å². The van der Waals surface area contributed by atoms with Crippen LogP contribution in [-0.2, 0) is 9.53 Å². The first-order valence-electron chi connectivity index (χ1n) is 6.49. The van der Waals surface area contributed by atoms with Crippen LogP contribution in [-0.4, -0.2) is 36.0 Å². The molecule has 0 unspecified atom stereocenters. The lowest BCUT2D eigenvalue weighted by Gasteiger charge is -2.26. The number of esters is 1. The summed E-state index contributed by atoms with van der Waals surface area (Å²) in [6.07, 6.45) is 0. The summed E-state index contributed by atoms with van der Waals surface area (Å²) in [5, 5.41) is 0. The van der Waals surface area contributed by atoms with Crippen LogP contribution >= 0.6 is 0 Å². The van der Waals surface area contributed by atoms with E-state index in [1.165, 1.54) is 0 Å². The molecule has 21 heavy (non-hydrogen) atoms. The van der Waals surface area contributed by atoms with E-state index in [9.17, 15) is 18.4 Å². The molecule has 2 N–H and O–H groups in total. The second-order valence-electron chi connectivity index (χ2n) is 4.69. The van der Waals surface area contributed by atoms with Gasteiger partial charge in [-0.05, 0) is 26.8 Å². The van der Waals surface area contributed by atoms with Crippen LogP contribution in [0.5, 0.6) is 0 Å². The predicted octanol–water partition coefficient (Wildman–Crippen LogP) is 1.96. The van der Waals surface area contributed by atoms with Crippen molar-refractivity contribution in [2.75, 3.05) is 18.9 Å². The molecule has 0 radical (unpaired) electrons. The zero-order valence-corrected chi connectivity index (χ0v) is 12.2. The molecule has 0 aliphatic carbocycles. The first kappa shape index (κ1) is 16.9. The molecule has 0 bridgehead atoms. The lowest BCUT2D eigenvalue weighted by Crippen LogP contribution is -2.41. The van der Waals surface area contributed by atoms with Crippen LogP contribution in [0.2, 0.25) is 0 Å². The molecule has 0 atom stereocenters. The van der Waals surface area contributed by atoms with E-state index in [4.69, 9.17) is 10.5 Å². The average molecular weight is 300 g/mol. The number of amides is 1. The van der Waals surface area contributed by atoms with Gasteiger partial charge in [-0.2, -0.15) is 0 Å². The van der Waals surface area contributed by atoms with Crippen molar-refractivity contribution in [3.05, 3.63) is 29.3 Å². The van der Waals surface area contributed by atoms with Crippen molar-refractivity contribution in [2.24, 2.45) is 0 Å². The Morgan fingerprint density at radius 2 is 1.90 bits per heavy atom. The summed E-state index contributed by atoms with van der Waals surface area (Å²) in [6, 6.07) is 1.10. The number of nitrogen functional groups attached to an aromatic ring is 1. The molecule has 0 saturated heterocycles. The molecule has 0 aromatic heterocycles. The number of rotatable bonds is 5. The van der Waals surface area contributed by atoms with E-state index < -0.39 is 23.5 Å². The number of nitrogens with two attached hydrogens (primary N) is 1. The van der Waals surface area contributed by atoms with Gasteiger partial charge in [0.2, 0.25) is 0 Å². The number of carbonyl (C=O) groups is 2. The van der Waals surface area contributed by atoms with Crippen molar-refractivity contribution >= 4 is 17.6 Å². The Hall–Kier alpha value is -2.18. The van der Waals surface area contributed by atoms with Crippen LogP contribution in [0.4, 0.5) is 14.5 Å². The number of hydrogen-bond donors (Lipinski definition) is 1. The quantitative estimate of drug-likeness (QED) is 0.666. The lowest BCUT2D eigenvalue weighted by atomic mass is 10.1. The third kappa shape index (κ3) is 4.14. The fourth-order valence-electron chi connectivity index (χ4n) is 1.72. The van der Waals surface area contributed by atoms with Gasteiger partial charge >= 0.3 is 5.97 Å². The van der Waals surface area contributed by atoms with Crippen LogP contribution in [0, 0.1) is 11.6 Å². The van der Waals surface area contributed by atoms with Gasteiger partial charge in [0.05, 0.1) is 17.9 Å². The SMILES string of the molecule is CCOC(=O)CN(C(=O)c1cc(N)c(F)cc1F)C(C)C. The molecule has 1 amide bonds. The van der Waals surface area contributed by atoms with Crippen molar-refractivity contribution in [3.8, 4) is 0 Å². The summed E-state index contributed by atoms with van der Waals surface area (Å²) in [7, 11) is 0. The molecule has 5 nitrogen and oxygen atoms in total. The Morgan fingerprint density at radius 1 is 1.29 bits per heavy atom. The summed E-state index contributed by atoms with van der Waals surface area (Å²) in [6.45, 7) is 4.83. The highest BCUT2D eigenvalue weighted by Crippen LogP contribution is 2.19. The van der Waals surface area contributed by atoms with Gasteiger partial charge < -0.3 is 15.4 Å². The normalized spacial score (nSPS) is 10.6. The summed E-state index contributed by atoms with van der Waals surface area (Å²) in [4.78, 5) is 24.9. The topological polar surface area (TPSA) is 72.6 Å². The zero-order chi connectivity index (χ0) is 16.2. The highest BCUT2D eigenvalue weighted by atomic mass is 19.1. The molecule has 1 aromatic carbocycles. The molecule has 0 saturated carbocycles. The van der Waals surface area contributed by atoms with Gasteiger partial charge in [-0.1, -0.05) is 0 Å². The summed E-state index contributed by atoms with van der Waals surface area (Å²) in [5.41, 5.74) is 4.63. The number of anilines is 1. The maximum Gasteiger partial charge on any atom is 0.325 e. The van der Waals surface area contributed by atoms with Gasteiger partial charge in [0.1, 0.15) is 18.2 Å². The largest absolute Gasteiger partial charge is 0.465 e. The lowest BCUT2D eigenvalue weighted by molar-refractivity contribution is -0.144. The Kier molecular flexibility index (Phi) is 5.63. The first-order valence-corrected chi connectivity index (χ1v) is 6.49. The standard InChI is InChI=1S/C14H18F2N2O3/c1-4-21-13(19)7-18(8(2)3)14(20)9-5-12(17)11(16)6-10(9)15/h5-6,8H,4,7,17H2,1-3H3. The average Bonchev–Trinajstić information content (AvgIpc) is 2.39. The van der Waals surface area contributed by atoms with E-state index >= 15 is 0 Å². The number of carbonyl (C=O) groups excluding carboxylic acids is 2. The molecule has 116 valence electrons. The number of halogens is 2. The highest BCUT2D eigenvalue weighted by molar-refractivity contribution is 5.97. The minimum atomic E-state index is -1.03. The molecule has 0 heterocycles. The van der Waals surface area contributed by atoms with E-state index in [1.54, 1.807) is 20.8 Å². The minimum Gasteiger partial charge on any atom is -0.465 e. The summed E-state index contributed by atoms with van der Waals surface area (Å²) < 4.78 is 31.6.